The molecule has 2 heterocycles. The van der Waals surface area contributed by atoms with Crippen LogP contribution in [0.4, 0.5) is 0 Å². The van der Waals surface area contributed by atoms with Gasteiger partial charge in [-0.15, -0.1) is 6.58 Å². The lowest BCUT2D eigenvalue weighted by atomic mass is 10.0. The SMILES string of the molecule is C=CC[C@H](c1ccc(Br)nc1)N1CCNCC1. The second-order valence-electron chi connectivity index (χ2n) is 4.24. The molecule has 1 fully saturated rings. The Kier molecular flexibility index (Phi) is 4.71. The lowest BCUT2D eigenvalue weighted by Crippen LogP contribution is -2.45. The summed E-state index contributed by atoms with van der Waals surface area (Å²) in [5, 5.41) is 3.38. The summed E-state index contributed by atoms with van der Waals surface area (Å²) in [7, 11) is 0. The fourth-order valence-electron chi connectivity index (χ4n) is 2.23. The van der Waals surface area contributed by atoms with Gasteiger partial charge in [0.1, 0.15) is 4.60 Å². The summed E-state index contributed by atoms with van der Waals surface area (Å²) in [4.78, 5) is 6.82. The van der Waals surface area contributed by atoms with Gasteiger partial charge in [0, 0.05) is 38.4 Å². The average Bonchev–Trinajstić information content (AvgIpc) is 2.38. The summed E-state index contributed by atoms with van der Waals surface area (Å²) in [6.07, 6.45) is 4.93. The third kappa shape index (κ3) is 3.37. The first-order valence-electron chi connectivity index (χ1n) is 5.98. The zero-order valence-electron chi connectivity index (χ0n) is 9.90. The molecule has 4 heteroatoms. The van der Waals surface area contributed by atoms with Gasteiger partial charge in [-0.3, -0.25) is 4.90 Å². The van der Waals surface area contributed by atoms with Crippen LogP contribution >= 0.6 is 15.9 Å². The van der Waals surface area contributed by atoms with Crippen molar-refractivity contribution in [1.82, 2.24) is 15.2 Å². The van der Waals surface area contributed by atoms with Crippen LogP contribution < -0.4 is 5.32 Å². The molecule has 1 saturated heterocycles. The number of pyridine rings is 1. The van der Waals surface area contributed by atoms with Crippen LogP contribution in [0.15, 0.2) is 35.6 Å². The molecule has 0 spiro atoms. The summed E-state index contributed by atoms with van der Waals surface area (Å²) in [5.74, 6) is 0. The largest absolute Gasteiger partial charge is 0.314 e. The number of hydrogen-bond acceptors (Lipinski definition) is 3. The number of halogens is 1. The van der Waals surface area contributed by atoms with Crippen LogP contribution in [-0.4, -0.2) is 36.1 Å². The molecule has 1 atom stereocenters. The monoisotopic (exact) mass is 295 g/mol. The van der Waals surface area contributed by atoms with Gasteiger partial charge in [-0.1, -0.05) is 12.1 Å². The van der Waals surface area contributed by atoms with Crippen molar-refractivity contribution in [2.24, 2.45) is 0 Å². The van der Waals surface area contributed by atoms with E-state index < -0.39 is 0 Å². The van der Waals surface area contributed by atoms with Crippen LogP contribution in [0.3, 0.4) is 0 Å². The van der Waals surface area contributed by atoms with Gasteiger partial charge in [0.15, 0.2) is 0 Å². The first-order chi connectivity index (χ1) is 8.31. The summed E-state index contributed by atoms with van der Waals surface area (Å²) >= 11 is 3.37. The minimum absolute atomic E-state index is 0.412. The van der Waals surface area contributed by atoms with Gasteiger partial charge in [-0.05, 0) is 34.0 Å². The predicted octanol–water partition coefficient (Wildman–Crippen LogP) is 2.37. The minimum Gasteiger partial charge on any atom is -0.314 e. The van der Waals surface area contributed by atoms with E-state index >= 15 is 0 Å². The summed E-state index contributed by atoms with van der Waals surface area (Å²) in [6, 6.07) is 4.57. The van der Waals surface area contributed by atoms with Crippen LogP contribution in [0, 0.1) is 0 Å². The smallest absolute Gasteiger partial charge is 0.106 e. The van der Waals surface area contributed by atoms with Gasteiger partial charge in [-0.25, -0.2) is 4.98 Å². The van der Waals surface area contributed by atoms with Crippen molar-refractivity contribution in [3.05, 3.63) is 41.2 Å². The Morgan fingerprint density at radius 1 is 1.47 bits per heavy atom. The van der Waals surface area contributed by atoms with Crippen molar-refractivity contribution in [2.45, 2.75) is 12.5 Å². The standard InChI is InChI=1S/C13H18BrN3/c1-2-3-12(17-8-6-15-7-9-17)11-4-5-13(14)16-10-11/h2,4-5,10,12,15H,1,3,6-9H2/t12-/m1/s1. The number of piperazine rings is 1. The Morgan fingerprint density at radius 3 is 2.82 bits per heavy atom. The third-order valence-electron chi connectivity index (χ3n) is 3.12. The zero-order chi connectivity index (χ0) is 12.1. The minimum atomic E-state index is 0.412. The molecule has 0 aliphatic carbocycles. The predicted molar refractivity (Wildman–Crippen MR) is 73.9 cm³/mol. The van der Waals surface area contributed by atoms with Gasteiger partial charge in [-0.2, -0.15) is 0 Å². The molecule has 1 N–H and O–H groups in total. The van der Waals surface area contributed by atoms with Crippen molar-refractivity contribution in [3.63, 3.8) is 0 Å². The molecule has 2 rings (SSSR count). The second-order valence-corrected chi connectivity index (χ2v) is 5.05. The topological polar surface area (TPSA) is 28.2 Å². The van der Waals surface area contributed by atoms with E-state index in [0.29, 0.717) is 6.04 Å². The van der Waals surface area contributed by atoms with E-state index in [0.717, 1.165) is 37.2 Å². The van der Waals surface area contributed by atoms with Gasteiger partial charge in [0.2, 0.25) is 0 Å². The molecule has 1 aliphatic heterocycles. The van der Waals surface area contributed by atoms with E-state index in [1.807, 2.05) is 18.3 Å². The van der Waals surface area contributed by atoms with E-state index in [-0.39, 0.29) is 0 Å². The van der Waals surface area contributed by atoms with E-state index in [4.69, 9.17) is 0 Å². The van der Waals surface area contributed by atoms with Gasteiger partial charge < -0.3 is 5.32 Å². The van der Waals surface area contributed by atoms with Crippen molar-refractivity contribution < 1.29 is 0 Å². The van der Waals surface area contributed by atoms with Crippen molar-refractivity contribution in [1.29, 1.82) is 0 Å². The van der Waals surface area contributed by atoms with Crippen LogP contribution in [0.5, 0.6) is 0 Å². The Balaban J connectivity index is 2.15. The molecule has 1 aliphatic rings. The fourth-order valence-corrected chi connectivity index (χ4v) is 2.47. The normalized spacial score (nSPS) is 18.9. The molecule has 17 heavy (non-hydrogen) atoms. The van der Waals surface area contributed by atoms with Gasteiger partial charge >= 0.3 is 0 Å². The highest BCUT2D eigenvalue weighted by molar-refractivity contribution is 9.10. The van der Waals surface area contributed by atoms with E-state index in [1.54, 1.807) is 0 Å². The Hall–Kier alpha value is -0.710. The Morgan fingerprint density at radius 2 is 2.24 bits per heavy atom. The average molecular weight is 296 g/mol. The number of nitrogens with zero attached hydrogens (tertiary/aromatic N) is 2. The Bertz CT molecular complexity index is 357. The second kappa shape index (κ2) is 6.28. The number of hydrogen-bond donors (Lipinski definition) is 1. The molecule has 1 aromatic heterocycles. The first-order valence-corrected chi connectivity index (χ1v) is 6.77. The summed E-state index contributed by atoms with van der Waals surface area (Å²) in [5.41, 5.74) is 1.27. The molecule has 0 bridgehead atoms. The molecular formula is C13H18BrN3. The van der Waals surface area contributed by atoms with Crippen LogP contribution in [0.1, 0.15) is 18.0 Å². The summed E-state index contributed by atoms with van der Waals surface area (Å²) in [6.45, 7) is 8.18. The van der Waals surface area contributed by atoms with Crippen LogP contribution in [-0.2, 0) is 0 Å². The van der Waals surface area contributed by atoms with Crippen LogP contribution in [0.2, 0.25) is 0 Å². The Labute approximate surface area is 111 Å². The molecule has 3 nitrogen and oxygen atoms in total. The van der Waals surface area contributed by atoms with Crippen LogP contribution in [0.25, 0.3) is 0 Å². The molecule has 1 aromatic rings. The lowest BCUT2D eigenvalue weighted by Gasteiger charge is -2.34. The van der Waals surface area contributed by atoms with Crippen molar-refractivity contribution in [3.8, 4) is 0 Å². The maximum atomic E-state index is 4.32. The molecule has 0 aromatic carbocycles. The quantitative estimate of drug-likeness (QED) is 0.683. The van der Waals surface area contributed by atoms with Crippen molar-refractivity contribution >= 4 is 15.9 Å². The number of nitrogens with one attached hydrogen (secondary N) is 1. The zero-order valence-corrected chi connectivity index (χ0v) is 11.5. The van der Waals surface area contributed by atoms with E-state index in [1.165, 1.54) is 5.56 Å². The molecule has 0 radical (unpaired) electrons. The first kappa shape index (κ1) is 12.7. The number of rotatable bonds is 4. The lowest BCUT2D eigenvalue weighted by molar-refractivity contribution is 0.174. The van der Waals surface area contributed by atoms with Gasteiger partial charge in [0.25, 0.3) is 0 Å². The molecule has 92 valence electrons. The molecule has 0 unspecified atom stereocenters. The van der Waals surface area contributed by atoms with E-state index in [9.17, 15) is 0 Å². The maximum absolute atomic E-state index is 4.32. The highest BCUT2D eigenvalue weighted by Gasteiger charge is 2.20. The molecular weight excluding hydrogens is 278 g/mol. The number of aromatic nitrogens is 1. The van der Waals surface area contributed by atoms with Crippen molar-refractivity contribution in [2.75, 3.05) is 26.2 Å². The fraction of sp³-hybridized carbons (Fsp3) is 0.462. The van der Waals surface area contributed by atoms with E-state index in [2.05, 4.69) is 43.8 Å². The summed E-state index contributed by atoms with van der Waals surface area (Å²) < 4.78 is 0.888. The van der Waals surface area contributed by atoms with Gasteiger partial charge in [0.05, 0.1) is 0 Å². The molecule has 0 amide bonds. The maximum Gasteiger partial charge on any atom is 0.106 e. The highest BCUT2D eigenvalue weighted by atomic mass is 79.9. The highest BCUT2D eigenvalue weighted by Crippen LogP contribution is 2.25. The third-order valence-corrected chi connectivity index (χ3v) is 3.59. The molecule has 0 saturated carbocycles.